The number of likely N-dealkylation sites (N-methyl/N-ethyl adjacent to an activating group) is 1. The largest absolute Gasteiger partial charge is 0.454 e. The fourth-order valence-electron chi connectivity index (χ4n) is 5.32. The van der Waals surface area contributed by atoms with Gasteiger partial charge >= 0.3 is 6.03 Å². The molecule has 4 amide bonds. The van der Waals surface area contributed by atoms with Crippen LogP contribution in [0.2, 0.25) is 0 Å². The Hall–Kier alpha value is -4.61. The number of fused-ring (bicyclic) bond motifs is 1. The number of ether oxygens (including phenoxy) is 2. The summed E-state index contributed by atoms with van der Waals surface area (Å²) in [5.74, 6) is 0.850. The number of nitrogens with zero attached hydrogens (tertiary/aromatic N) is 3. The van der Waals surface area contributed by atoms with Crippen molar-refractivity contribution in [2.45, 2.75) is 33.7 Å². The fourth-order valence-corrected chi connectivity index (χ4v) is 5.32. The maximum atomic E-state index is 13.5. The molecular formula is C35H44N6O5. The van der Waals surface area contributed by atoms with E-state index in [1.54, 1.807) is 47.4 Å². The highest BCUT2D eigenvalue weighted by Gasteiger charge is 2.21. The number of hydrogen-bond acceptors (Lipinski definition) is 7. The van der Waals surface area contributed by atoms with Gasteiger partial charge in [-0.2, -0.15) is 0 Å². The highest BCUT2D eigenvalue weighted by Crippen LogP contribution is 2.34. The van der Waals surface area contributed by atoms with Crippen molar-refractivity contribution in [1.82, 2.24) is 14.7 Å². The Balaban J connectivity index is 1.24. The van der Waals surface area contributed by atoms with Gasteiger partial charge < -0.3 is 35.2 Å². The zero-order valence-corrected chi connectivity index (χ0v) is 27.1. The predicted octanol–water partition coefficient (Wildman–Crippen LogP) is 5.32. The van der Waals surface area contributed by atoms with Crippen LogP contribution in [0.1, 0.15) is 43.1 Å². The number of anilines is 3. The normalized spacial score (nSPS) is 14.9. The molecule has 1 saturated heterocycles. The number of para-hydroxylation sites is 2. The van der Waals surface area contributed by atoms with Gasteiger partial charge in [0.2, 0.25) is 12.7 Å². The first kappa shape index (κ1) is 32.8. The number of hydrogen-bond donors (Lipinski definition) is 3. The monoisotopic (exact) mass is 628 g/mol. The summed E-state index contributed by atoms with van der Waals surface area (Å²) in [6.07, 6.45) is 0.359. The molecule has 0 unspecified atom stereocenters. The van der Waals surface area contributed by atoms with Crippen molar-refractivity contribution < 1.29 is 23.9 Å². The van der Waals surface area contributed by atoms with Crippen molar-refractivity contribution in [1.29, 1.82) is 0 Å². The lowest BCUT2D eigenvalue weighted by molar-refractivity contribution is -0.117. The Bertz CT molecular complexity index is 1530. The van der Waals surface area contributed by atoms with Crippen molar-refractivity contribution in [3.63, 3.8) is 0 Å². The molecule has 244 valence electrons. The van der Waals surface area contributed by atoms with Crippen LogP contribution >= 0.6 is 0 Å². The molecule has 0 radical (unpaired) electrons. The number of piperazine rings is 1. The third-order valence-electron chi connectivity index (χ3n) is 7.92. The SMILES string of the molecule is CN1CCN(CCN(Cc2ccc(C(=O)Nc3ccccc3NC(=O)CC(C)(C)C)cc2)C(=O)Nc2ccc3c(c2)OCO3)CC1. The second kappa shape index (κ2) is 14.7. The molecule has 0 bridgehead atoms. The van der Waals surface area contributed by atoms with Crippen molar-refractivity contribution in [2.75, 3.05) is 69.1 Å². The average Bonchev–Trinajstić information content (AvgIpc) is 3.48. The maximum absolute atomic E-state index is 13.5. The van der Waals surface area contributed by atoms with E-state index in [0.717, 1.165) is 38.3 Å². The minimum Gasteiger partial charge on any atom is -0.454 e. The molecule has 0 aromatic heterocycles. The summed E-state index contributed by atoms with van der Waals surface area (Å²) in [4.78, 5) is 45.7. The van der Waals surface area contributed by atoms with Gasteiger partial charge in [0.15, 0.2) is 11.5 Å². The standard InChI is InChI=1S/C35H44N6O5/c1-35(2,3)22-32(42)37-28-7-5-6-8-29(28)38-33(43)26-11-9-25(10-12-26)23-41(20-19-40-17-15-39(4)16-18-40)34(44)36-27-13-14-30-31(21-27)46-24-45-30/h5-14,21H,15-20,22-24H2,1-4H3,(H,36,44)(H,37,42)(H,38,43). The van der Waals surface area contributed by atoms with E-state index in [4.69, 9.17) is 9.47 Å². The lowest BCUT2D eigenvalue weighted by Gasteiger charge is -2.34. The molecule has 46 heavy (non-hydrogen) atoms. The highest BCUT2D eigenvalue weighted by molar-refractivity contribution is 6.07. The van der Waals surface area contributed by atoms with Crippen LogP contribution in [-0.4, -0.2) is 85.7 Å². The molecule has 3 aromatic carbocycles. The van der Waals surface area contributed by atoms with Gasteiger partial charge in [-0.3, -0.25) is 14.5 Å². The van der Waals surface area contributed by atoms with Gasteiger partial charge in [-0.05, 0) is 54.4 Å². The first-order valence-electron chi connectivity index (χ1n) is 15.7. The Morgan fingerprint density at radius 2 is 1.50 bits per heavy atom. The quantitative estimate of drug-likeness (QED) is 0.278. The van der Waals surface area contributed by atoms with E-state index in [2.05, 4.69) is 32.8 Å². The van der Waals surface area contributed by atoms with Gasteiger partial charge in [-0.1, -0.05) is 45.0 Å². The fraction of sp³-hybridized carbons (Fsp3) is 0.400. The lowest BCUT2D eigenvalue weighted by atomic mass is 9.92. The number of benzene rings is 3. The summed E-state index contributed by atoms with van der Waals surface area (Å²) in [7, 11) is 2.12. The minimum absolute atomic E-state index is 0.113. The molecule has 2 heterocycles. The second-order valence-electron chi connectivity index (χ2n) is 13.0. The third-order valence-corrected chi connectivity index (χ3v) is 7.92. The van der Waals surface area contributed by atoms with E-state index >= 15 is 0 Å². The Labute approximate surface area is 270 Å². The highest BCUT2D eigenvalue weighted by atomic mass is 16.7. The number of carbonyl (C=O) groups excluding carboxylic acids is 3. The van der Waals surface area contributed by atoms with Gasteiger partial charge in [0.05, 0.1) is 11.4 Å². The Morgan fingerprint density at radius 1 is 0.826 bits per heavy atom. The summed E-state index contributed by atoms with van der Waals surface area (Å²) in [6, 6.07) is 19.5. The smallest absolute Gasteiger partial charge is 0.322 e. The van der Waals surface area contributed by atoms with E-state index in [0.29, 0.717) is 53.6 Å². The molecule has 3 N–H and O–H groups in total. The topological polar surface area (TPSA) is 115 Å². The summed E-state index contributed by atoms with van der Waals surface area (Å²) >= 11 is 0. The summed E-state index contributed by atoms with van der Waals surface area (Å²) in [5.41, 5.74) is 2.90. The van der Waals surface area contributed by atoms with Crippen molar-refractivity contribution in [3.05, 3.63) is 77.9 Å². The zero-order valence-electron chi connectivity index (χ0n) is 27.1. The van der Waals surface area contributed by atoms with E-state index in [-0.39, 0.29) is 30.1 Å². The van der Waals surface area contributed by atoms with Crippen LogP contribution in [0.25, 0.3) is 0 Å². The van der Waals surface area contributed by atoms with Gasteiger partial charge in [-0.15, -0.1) is 0 Å². The molecule has 0 spiro atoms. The molecule has 11 heteroatoms. The van der Waals surface area contributed by atoms with Crippen LogP contribution in [0.5, 0.6) is 11.5 Å². The second-order valence-corrected chi connectivity index (χ2v) is 13.0. The molecular weight excluding hydrogens is 584 g/mol. The molecule has 0 saturated carbocycles. The van der Waals surface area contributed by atoms with Gasteiger partial charge in [0.25, 0.3) is 5.91 Å². The molecule has 2 aliphatic rings. The zero-order chi connectivity index (χ0) is 32.7. The van der Waals surface area contributed by atoms with Crippen LogP contribution in [0.15, 0.2) is 66.7 Å². The first-order valence-corrected chi connectivity index (χ1v) is 15.7. The Kier molecular flexibility index (Phi) is 10.4. The van der Waals surface area contributed by atoms with Gasteiger partial charge in [0, 0.05) is 69.6 Å². The van der Waals surface area contributed by atoms with E-state index in [9.17, 15) is 14.4 Å². The molecule has 11 nitrogen and oxygen atoms in total. The number of amides is 4. The van der Waals surface area contributed by atoms with Crippen LogP contribution in [0.4, 0.5) is 21.9 Å². The minimum atomic E-state index is -0.295. The summed E-state index contributed by atoms with van der Waals surface area (Å²) in [5, 5.41) is 8.84. The molecule has 2 aliphatic heterocycles. The van der Waals surface area contributed by atoms with Crippen LogP contribution < -0.4 is 25.4 Å². The van der Waals surface area contributed by atoms with Crippen LogP contribution in [0.3, 0.4) is 0 Å². The number of urea groups is 1. The number of rotatable bonds is 10. The molecule has 1 fully saturated rings. The van der Waals surface area contributed by atoms with Gasteiger partial charge in [-0.25, -0.2) is 4.79 Å². The lowest BCUT2D eigenvalue weighted by Crippen LogP contribution is -2.48. The predicted molar refractivity (Wildman–Crippen MR) is 179 cm³/mol. The van der Waals surface area contributed by atoms with Crippen molar-refractivity contribution in [3.8, 4) is 11.5 Å². The average molecular weight is 629 g/mol. The van der Waals surface area contributed by atoms with Crippen molar-refractivity contribution in [2.24, 2.45) is 5.41 Å². The molecule has 5 rings (SSSR count). The van der Waals surface area contributed by atoms with E-state index in [1.807, 2.05) is 45.0 Å². The number of carbonyl (C=O) groups is 3. The van der Waals surface area contributed by atoms with Crippen molar-refractivity contribution >= 4 is 34.9 Å². The van der Waals surface area contributed by atoms with E-state index < -0.39 is 0 Å². The van der Waals surface area contributed by atoms with E-state index in [1.165, 1.54) is 0 Å². The van der Waals surface area contributed by atoms with Crippen LogP contribution in [-0.2, 0) is 11.3 Å². The summed E-state index contributed by atoms with van der Waals surface area (Å²) < 4.78 is 10.9. The van der Waals surface area contributed by atoms with Gasteiger partial charge in [0.1, 0.15) is 0 Å². The Morgan fingerprint density at radius 3 is 2.20 bits per heavy atom. The number of nitrogens with one attached hydrogen (secondary N) is 3. The summed E-state index contributed by atoms with van der Waals surface area (Å²) in [6.45, 7) is 11.8. The maximum Gasteiger partial charge on any atom is 0.322 e. The first-order chi connectivity index (χ1) is 22.0. The molecule has 0 atom stereocenters. The molecule has 3 aromatic rings. The van der Waals surface area contributed by atoms with Crippen LogP contribution in [0, 0.1) is 5.41 Å². The third kappa shape index (κ3) is 9.21. The molecule has 0 aliphatic carbocycles.